The average Bonchev–Trinajstić information content (AvgIpc) is 3.47. The Morgan fingerprint density at radius 2 is 1.94 bits per heavy atom. The molecule has 2 unspecified atom stereocenters. The Balaban J connectivity index is 1.43. The van der Waals surface area contributed by atoms with Crippen molar-refractivity contribution < 1.29 is 22.8 Å². The van der Waals surface area contributed by atoms with Crippen molar-refractivity contribution in [1.82, 2.24) is 10.5 Å². The van der Waals surface area contributed by atoms with Gasteiger partial charge in [0.1, 0.15) is 5.58 Å². The fourth-order valence-electron chi connectivity index (χ4n) is 4.69. The van der Waals surface area contributed by atoms with Crippen LogP contribution in [0.3, 0.4) is 0 Å². The predicted octanol–water partition coefficient (Wildman–Crippen LogP) is 2.98. The van der Waals surface area contributed by atoms with Crippen LogP contribution in [0.4, 0.5) is 11.5 Å². The molecule has 2 atom stereocenters. The lowest BCUT2D eigenvalue weighted by molar-refractivity contribution is 0.0678. The van der Waals surface area contributed by atoms with Crippen LogP contribution in [0.25, 0.3) is 11.0 Å². The molecule has 2 fully saturated rings. The highest BCUT2D eigenvalue weighted by molar-refractivity contribution is 7.92. The van der Waals surface area contributed by atoms with E-state index < -0.39 is 15.9 Å². The zero-order valence-electron chi connectivity index (χ0n) is 16.6. The third kappa shape index (κ3) is 3.61. The van der Waals surface area contributed by atoms with Crippen LogP contribution in [-0.4, -0.2) is 37.6 Å². The summed E-state index contributed by atoms with van der Waals surface area (Å²) in [5.41, 5.74) is 2.15. The monoisotopic (exact) mass is 442 g/mol. The Morgan fingerprint density at radius 1 is 1.16 bits per heavy atom. The molecular formula is C21H22N4O5S. The molecule has 1 saturated carbocycles. The van der Waals surface area contributed by atoms with Gasteiger partial charge in [-0.2, -0.15) is 0 Å². The van der Waals surface area contributed by atoms with Crippen molar-refractivity contribution in [3.05, 3.63) is 48.4 Å². The van der Waals surface area contributed by atoms with Gasteiger partial charge in [0, 0.05) is 30.7 Å². The largest absolute Gasteiger partial charge is 0.451 e. The number of carbonyl (C=O) groups is 1. The summed E-state index contributed by atoms with van der Waals surface area (Å²) in [5, 5.41) is 9.30. The molecule has 1 aliphatic carbocycles. The number of hydrogen-bond acceptors (Lipinski definition) is 7. The fourth-order valence-corrected chi connectivity index (χ4v) is 5.76. The molecule has 2 aromatic heterocycles. The highest BCUT2D eigenvalue weighted by Gasteiger charge is 2.37. The summed E-state index contributed by atoms with van der Waals surface area (Å²) < 4.78 is 34.2. The van der Waals surface area contributed by atoms with Gasteiger partial charge in [0.15, 0.2) is 11.6 Å². The summed E-state index contributed by atoms with van der Waals surface area (Å²) in [6.07, 6.45) is 5.37. The smallest absolute Gasteiger partial charge is 0.310 e. The highest BCUT2D eigenvalue weighted by atomic mass is 32.2. The minimum Gasteiger partial charge on any atom is -0.451 e. The van der Waals surface area contributed by atoms with Gasteiger partial charge in [-0.05, 0) is 55.0 Å². The summed E-state index contributed by atoms with van der Waals surface area (Å²) >= 11 is 0. The number of hydrogen-bond donors (Lipinski definition) is 3. The van der Waals surface area contributed by atoms with Gasteiger partial charge in [0.05, 0.1) is 10.6 Å². The Hall–Kier alpha value is -3.11. The number of anilines is 2. The summed E-state index contributed by atoms with van der Waals surface area (Å²) in [5.74, 6) is 1.01. The van der Waals surface area contributed by atoms with E-state index in [0.717, 1.165) is 13.1 Å². The lowest BCUT2D eigenvalue weighted by atomic mass is 10.0. The number of amides is 1. The second-order valence-corrected chi connectivity index (χ2v) is 9.77. The van der Waals surface area contributed by atoms with Gasteiger partial charge in [0.25, 0.3) is 10.0 Å². The van der Waals surface area contributed by atoms with Gasteiger partial charge in [-0.25, -0.2) is 18.9 Å². The fraction of sp³-hybridized carbons (Fsp3) is 0.333. The lowest BCUT2D eigenvalue weighted by Crippen LogP contribution is -2.24. The minimum absolute atomic E-state index is 0.00148. The Bertz CT molecular complexity index is 1240. The van der Waals surface area contributed by atoms with Crippen molar-refractivity contribution in [2.45, 2.75) is 24.2 Å². The number of benzene rings is 1. The molecule has 0 spiro atoms. The minimum atomic E-state index is -3.92. The molecular weight excluding hydrogens is 420 g/mol. The van der Waals surface area contributed by atoms with Gasteiger partial charge in [-0.3, -0.25) is 14.7 Å². The summed E-state index contributed by atoms with van der Waals surface area (Å²) in [4.78, 5) is 18.2. The third-order valence-electron chi connectivity index (χ3n) is 6.18. The van der Waals surface area contributed by atoms with E-state index in [4.69, 9.17) is 9.62 Å². The van der Waals surface area contributed by atoms with Crippen LogP contribution in [0.15, 0.2) is 51.9 Å². The second-order valence-electron chi connectivity index (χ2n) is 8.09. The molecule has 2 aliphatic rings. The van der Waals surface area contributed by atoms with E-state index in [-0.39, 0.29) is 16.2 Å². The first-order chi connectivity index (χ1) is 14.9. The van der Waals surface area contributed by atoms with E-state index in [9.17, 15) is 13.2 Å². The first kappa shape index (κ1) is 19.8. The average molecular weight is 442 g/mol. The van der Waals surface area contributed by atoms with Crippen molar-refractivity contribution in [1.29, 1.82) is 0 Å². The number of nitrogens with one attached hydrogen (secondary N) is 2. The molecule has 162 valence electrons. The number of aromatic nitrogens is 1. The van der Waals surface area contributed by atoms with Gasteiger partial charge < -0.3 is 9.32 Å². The standard InChI is InChI=1S/C21H22N4O5S/c26-21(23-27)19-9-13-6-7-16(10-18(13)30-19)31(28,29)24-17-5-2-8-22-20(17)25-11-14-3-1-4-15(14)12-25/h2,5-10,14-15,24,27H,1,3-4,11-12H2,(H,23,26). The van der Waals surface area contributed by atoms with E-state index in [0.29, 0.717) is 28.7 Å². The van der Waals surface area contributed by atoms with Gasteiger partial charge in [-0.1, -0.05) is 6.42 Å². The first-order valence-electron chi connectivity index (χ1n) is 10.2. The number of furan rings is 1. The van der Waals surface area contributed by atoms with Gasteiger partial charge in [0.2, 0.25) is 0 Å². The molecule has 3 aromatic rings. The van der Waals surface area contributed by atoms with Crippen LogP contribution < -0.4 is 15.1 Å². The van der Waals surface area contributed by atoms with Crippen molar-refractivity contribution in [3.63, 3.8) is 0 Å². The van der Waals surface area contributed by atoms with E-state index in [2.05, 4.69) is 14.6 Å². The summed E-state index contributed by atoms with van der Waals surface area (Å²) in [6, 6.07) is 9.18. The Kier molecular flexibility index (Phi) is 4.82. The van der Waals surface area contributed by atoms with Crippen LogP contribution >= 0.6 is 0 Å². The highest BCUT2D eigenvalue weighted by Crippen LogP contribution is 2.40. The lowest BCUT2D eigenvalue weighted by Gasteiger charge is -2.22. The second kappa shape index (κ2) is 7.54. The predicted molar refractivity (Wildman–Crippen MR) is 114 cm³/mol. The number of rotatable bonds is 5. The third-order valence-corrected chi connectivity index (χ3v) is 7.55. The molecule has 0 radical (unpaired) electrons. The number of carbonyl (C=O) groups excluding carboxylic acids is 1. The van der Waals surface area contributed by atoms with E-state index in [1.54, 1.807) is 24.4 Å². The summed E-state index contributed by atoms with van der Waals surface area (Å²) in [6.45, 7) is 1.79. The van der Waals surface area contributed by atoms with Crippen molar-refractivity contribution in [3.8, 4) is 0 Å². The Labute approximate surface area is 179 Å². The normalized spacial score (nSPS) is 20.7. The number of hydroxylamine groups is 1. The molecule has 10 heteroatoms. The maximum Gasteiger partial charge on any atom is 0.310 e. The molecule has 1 amide bonds. The SMILES string of the molecule is O=C(NO)c1cc2ccc(S(=O)(=O)Nc3cccnc3N3CC4CCCC4C3)cc2o1. The van der Waals surface area contributed by atoms with Crippen LogP contribution in [-0.2, 0) is 10.0 Å². The molecule has 3 heterocycles. The summed E-state index contributed by atoms with van der Waals surface area (Å²) in [7, 11) is -3.92. The quantitative estimate of drug-likeness (QED) is 0.410. The molecule has 31 heavy (non-hydrogen) atoms. The molecule has 1 saturated heterocycles. The van der Waals surface area contributed by atoms with Gasteiger partial charge >= 0.3 is 5.91 Å². The zero-order valence-corrected chi connectivity index (χ0v) is 17.4. The number of nitrogens with zero attached hydrogens (tertiary/aromatic N) is 2. The maximum atomic E-state index is 13.1. The Morgan fingerprint density at radius 3 is 2.68 bits per heavy atom. The van der Waals surface area contributed by atoms with E-state index in [1.165, 1.54) is 42.9 Å². The molecule has 1 aliphatic heterocycles. The van der Waals surface area contributed by atoms with E-state index >= 15 is 0 Å². The van der Waals surface area contributed by atoms with Crippen LogP contribution in [0, 0.1) is 11.8 Å². The van der Waals surface area contributed by atoms with Gasteiger partial charge in [-0.15, -0.1) is 0 Å². The first-order valence-corrected chi connectivity index (χ1v) is 11.6. The molecule has 3 N–H and O–H groups in total. The van der Waals surface area contributed by atoms with Crippen LogP contribution in [0.5, 0.6) is 0 Å². The van der Waals surface area contributed by atoms with Crippen LogP contribution in [0.2, 0.25) is 0 Å². The zero-order chi connectivity index (χ0) is 21.6. The topological polar surface area (TPSA) is 125 Å². The number of pyridine rings is 1. The molecule has 9 nitrogen and oxygen atoms in total. The number of sulfonamides is 1. The molecule has 5 rings (SSSR count). The van der Waals surface area contributed by atoms with Crippen molar-refractivity contribution in [2.75, 3.05) is 22.7 Å². The molecule has 1 aromatic carbocycles. The van der Waals surface area contributed by atoms with E-state index in [1.807, 2.05) is 0 Å². The van der Waals surface area contributed by atoms with Crippen molar-refractivity contribution >= 4 is 38.4 Å². The number of fused-ring (bicyclic) bond motifs is 2. The van der Waals surface area contributed by atoms with Crippen LogP contribution in [0.1, 0.15) is 29.8 Å². The van der Waals surface area contributed by atoms with Crippen molar-refractivity contribution in [2.24, 2.45) is 11.8 Å². The maximum absolute atomic E-state index is 13.1. The molecule has 0 bridgehead atoms.